The van der Waals surface area contributed by atoms with Gasteiger partial charge in [-0.05, 0) is 67.1 Å². The summed E-state index contributed by atoms with van der Waals surface area (Å²) >= 11 is 0. The number of carbonyl (C=O) groups excluding carboxylic acids is 1. The van der Waals surface area contributed by atoms with Gasteiger partial charge in [0.05, 0.1) is 32.1 Å². The molecule has 0 N–H and O–H groups in total. The van der Waals surface area contributed by atoms with Gasteiger partial charge in [-0.2, -0.15) is 0 Å². The minimum atomic E-state index is -3.64. The summed E-state index contributed by atoms with van der Waals surface area (Å²) < 4.78 is 39.1. The Kier molecular flexibility index (Phi) is 7.46. The predicted octanol–water partition coefficient (Wildman–Crippen LogP) is 5.35. The van der Waals surface area contributed by atoms with E-state index in [9.17, 15) is 13.2 Å². The highest BCUT2D eigenvalue weighted by atomic mass is 32.2. The summed E-state index contributed by atoms with van der Waals surface area (Å²) in [4.78, 5) is 13.9. The maximum Gasteiger partial charge on any atom is 0.240 e. The second-order valence-corrected chi connectivity index (χ2v) is 13.5. The van der Waals surface area contributed by atoms with Crippen LogP contribution >= 0.6 is 0 Å². The Bertz CT molecular complexity index is 1110. The second-order valence-electron chi connectivity index (χ2n) is 11.7. The van der Waals surface area contributed by atoms with Gasteiger partial charge in [-0.1, -0.05) is 51.1 Å². The minimum Gasteiger partial charge on any atom is -0.497 e. The zero-order valence-corrected chi connectivity index (χ0v) is 23.0. The number of rotatable bonds is 11. The van der Waals surface area contributed by atoms with Gasteiger partial charge in [0.15, 0.2) is 0 Å². The molecule has 2 saturated carbocycles. The molecule has 0 radical (unpaired) electrons. The van der Waals surface area contributed by atoms with E-state index < -0.39 is 15.9 Å². The Hall–Kier alpha value is -2.12. The highest BCUT2D eigenvalue weighted by molar-refractivity contribution is 7.90. The summed E-state index contributed by atoms with van der Waals surface area (Å²) in [5, 5.41) is 0. The van der Waals surface area contributed by atoms with Crippen LogP contribution in [0, 0.1) is 28.6 Å². The third-order valence-corrected chi connectivity index (χ3v) is 11.3. The first-order valence-corrected chi connectivity index (χ1v) is 14.6. The molecule has 4 rings (SSSR count). The number of hydrogen-bond donors (Lipinski definition) is 0. The fourth-order valence-corrected chi connectivity index (χ4v) is 9.77. The quantitative estimate of drug-likeness (QED) is 0.371. The summed E-state index contributed by atoms with van der Waals surface area (Å²) in [6, 6.07) is 7.51. The molecule has 1 spiro atoms. The van der Waals surface area contributed by atoms with Gasteiger partial charge in [-0.3, -0.25) is 4.79 Å². The van der Waals surface area contributed by atoms with Crippen LogP contribution in [0.25, 0.3) is 0 Å². The molecule has 1 aromatic rings. The molecule has 198 valence electrons. The number of ether oxygens (including phenoxy) is 2. The fourth-order valence-electron chi connectivity index (χ4n) is 7.19. The highest BCUT2D eigenvalue weighted by Crippen LogP contribution is 2.70. The number of benzene rings is 1. The van der Waals surface area contributed by atoms with Crippen LogP contribution in [0.3, 0.4) is 0 Å². The lowest BCUT2D eigenvalue weighted by Crippen LogP contribution is -2.47. The van der Waals surface area contributed by atoms with Crippen LogP contribution in [0.2, 0.25) is 0 Å². The van der Waals surface area contributed by atoms with E-state index in [0.717, 1.165) is 36.1 Å². The number of nitrogens with zero attached hydrogens (tertiary/aromatic N) is 1. The third-order valence-electron chi connectivity index (χ3n) is 9.40. The number of hydrogen-bond acceptors (Lipinski definition) is 5. The summed E-state index contributed by atoms with van der Waals surface area (Å²) in [5.74, 6) is 0.584. The molecule has 2 bridgehead atoms. The average molecular weight is 516 g/mol. The van der Waals surface area contributed by atoms with Crippen LogP contribution < -0.4 is 4.74 Å². The molecule has 7 heteroatoms. The monoisotopic (exact) mass is 515 g/mol. The molecule has 3 fully saturated rings. The number of amides is 1. The van der Waals surface area contributed by atoms with Gasteiger partial charge in [0.1, 0.15) is 5.75 Å². The number of allylic oxidation sites excluding steroid dienone is 1. The molecule has 1 heterocycles. The van der Waals surface area contributed by atoms with E-state index in [0.29, 0.717) is 32.0 Å². The van der Waals surface area contributed by atoms with E-state index in [-0.39, 0.29) is 34.4 Å². The molecular formula is C29H41NO5S. The molecule has 5 atom stereocenters. The van der Waals surface area contributed by atoms with Crippen molar-refractivity contribution in [3.05, 3.63) is 54.6 Å². The lowest BCUT2D eigenvalue weighted by Gasteiger charge is -2.38. The molecule has 3 aliphatic rings. The Balaban J connectivity index is 1.40. The molecule has 1 aliphatic heterocycles. The lowest BCUT2D eigenvalue weighted by molar-refractivity contribution is -0.134. The molecule has 2 aliphatic carbocycles. The predicted molar refractivity (Wildman–Crippen MR) is 142 cm³/mol. The Morgan fingerprint density at radius 3 is 2.58 bits per heavy atom. The third kappa shape index (κ3) is 4.53. The number of fused-ring (bicyclic) bond motifs is 1. The summed E-state index contributed by atoms with van der Waals surface area (Å²) in [6.07, 6.45) is 5.50. The Morgan fingerprint density at radius 2 is 1.97 bits per heavy atom. The number of carbonyl (C=O) groups is 1. The first kappa shape index (κ1) is 26.9. The smallest absolute Gasteiger partial charge is 0.240 e. The molecule has 1 aromatic carbocycles. The second kappa shape index (κ2) is 9.97. The van der Waals surface area contributed by atoms with E-state index in [1.54, 1.807) is 13.2 Å². The highest BCUT2D eigenvalue weighted by Gasteiger charge is 2.72. The van der Waals surface area contributed by atoms with Gasteiger partial charge in [-0.25, -0.2) is 12.7 Å². The topological polar surface area (TPSA) is 72.9 Å². The van der Waals surface area contributed by atoms with Crippen LogP contribution in [0.4, 0.5) is 0 Å². The molecule has 0 unspecified atom stereocenters. The lowest BCUT2D eigenvalue weighted by atomic mass is 9.69. The van der Waals surface area contributed by atoms with Gasteiger partial charge in [-0.15, -0.1) is 6.58 Å². The molecule has 1 saturated heterocycles. The molecule has 36 heavy (non-hydrogen) atoms. The summed E-state index contributed by atoms with van der Waals surface area (Å²) in [5.41, 5.74) is 1.56. The van der Waals surface area contributed by atoms with E-state index in [1.165, 1.54) is 4.31 Å². The first-order valence-electron chi connectivity index (χ1n) is 13.0. The number of sulfonamides is 1. The van der Waals surface area contributed by atoms with Crippen molar-refractivity contribution in [3.8, 4) is 5.75 Å². The standard InChI is InChI=1S/C29H41NO5S/c1-7-8-25(21(3)15-20(2)17-35-18-22-9-11-24(34-6)12-10-22)27(31)30-26-16-23-13-14-29(26,28(23,4)5)19-36(30,32)33/h7,9-12,21,23,25-26H,1-2,8,13-19H2,3-6H3/t21-,23+,25-,26-,29-/m0/s1. The fraction of sp³-hybridized carbons (Fsp3) is 0.621. The molecule has 6 nitrogen and oxygen atoms in total. The van der Waals surface area contributed by atoms with Crippen LogP contribution in [-0.4, -0.2) is 44.1 Å². The Labute approximate surface area is 216 Å². The maximum atomic E-state index is 13.9. The average Bonchev–Trinajstić information content (AvgIpc) is 3.30. The first-order chi connectivity index (χ1) is 17.0. The zero-order chi connectivity index (χ0) is 26.3. The van der Waals surface area contributed by atoms with Crippen LogP contribution in [0.15, 0.2) is 49.1 Å². The van der Waals surface area contributed by atoms with Crippen molar-refractivity contribution in [2.75, 3.05) is 19.5 Å². The maximum absolute atomic E-state index is 13.9. The van der Waals surface area contributed by atoms with E-state index in [1.807, 2.05) is 31.2 Å². The van der Waals surface area contributed by atoms with E-state index >= 15 is 0 Å². The van der Waals surface area contributed by atoms with E-state index in [4.69, 9.17) is 9.47 Å². The Morgan fingerprint density at radius 1 is 1.28 bits per heavy atom. The van der Waals surface area contributed by atoms with Crippen molar-refractivity contribution < 1.29 is 22.7 Å². The van der Waals surface area contributed by atoms with Gasteiger partial charge in [0, 0.05) is 11.3 Å². The summed E-state index contributed by atoms with van der Waals surface area (Å²) in [6.45, 7) is 15.3. The molecular weight excluding hydrogens is 474 g/mol. The van der Waals surface area contributed by atoms with Gasteiger partial charge in [0.2, 0.25) is 15.9 Å². The van der Waals surface area contributed by atoms with Gasteiger partial charge in [0.25, 0.3) is 0 Å². The van der Waals surface area contributed by atoms with Gasteiger partial charge >= 0.3 is 0 Å². The summed E-state index contributed by atoms with van der Waals surface area (Å²) in [7, 11) is -2.01. The van der Waals surface area contributed by atoms with Gasteiger partial charge < -0.3 is 9.47 Å². The minimum absolute atomic E-state index is 0.0607. The zero-order valence-electron chi connectivity index (χ0n) is 22.2. The van der Waals surface area contributed by atoms with Crippen molar-refractivity contribution in [1.82, 2.24) is 4.31 Å². The molecule has 1 amide bonds. The van der Waals surface area contributed by atoms with Crippen molar-refractivity contribution in [2.45, 2.75) is 65.5 Å². The van der Waals surface area contributed by atoms with Crippen molar-refractivity contribution in [3.63, 3.8) is 0 Å². The van der Waals surface area contributed by atoms with Crippen molar-refractivity contribution in [2.24, 2.45) is 28.6 Å². The van der Waals surface area contributed by atoms with Crippen molar-refractivity contribution in [1.29, 1.82) is 0 Å². The van der Waals surface area contributed by atoms with Crippen molar-refractivity contribution >= 4 is 15.9 Å². The number of methoxy groups -OCH3 is 1. The normalized spacial score (nSPS) is 28.9. The van der Waals surface area contributed by atoms with Crippen LogP contribution in [0.1, 0.15) is 58.4 Å². The largest absolute Gasteiger partial charge is 0.497 e. The molecule has 0 aromatic heterocycles. The van der Waals surface area contributed by atoms with Crippen LogP contribution in [0.5, 0.6) is 5.75 Å². The SMILES string of the molecule is C=CC[C@H](C(=O)N1[C@H]2C[C@H]3CC[C@@]2(CS1(=O)=O)C3(C)C)[C@@H](C)CC(=C)COCc1ccc(OC)cc1. The van der Waals surface area contributed by atoms with Crippen LogP contribution in [-0.2, 0) is 26.2 Å². The van der Waals surface area contributed by atoms with E-state index in [2.05, 4.69) is 27.0 Å².